The van der Waals surface area contributed by atoms with Crippen LogP contribution in [0.2, 0.25) is 0 Å². The zero-order chi connectivity index (χ0) is 20.0. The number of aromatic amines is 1. The lowest BCUT2D eigenvalue weighted by molar-refractivity contribution is 0.231. The van der Waals surface area contributed by atoms with Gasteiger partial charge in [-0.2, -0.15) is 0 Å². The van der Waals surface area contributed by atoms with Crippen LogP contribution in [0.3, 0.4) is 0 Å². The number of imidazole rings is 1. The number of benzene rings is 1. The van der Waals surface area contributed by atoms with E-state index in [9.17, 15) is 4.79 Å². The maximum absolute atomic E-state index is 12.8. The maximum atomic E-state index is 12.8. The van der Waals surface area contributed by atoms with Crippen LogP contribution in [0, 0.1) is 0 Å². The van der Waals surface area contributed by atoms with E-state index in [1.165, 1.54) is 18.4 Å². The van der Waals surface area contributed by atoms with Gasteiger partial charge in [-0.25, -0.2) is 9.97 Å². The lowest BCUT2D eigenvalue weighted by Crippen LogP contribution is -2.37. The SMILES string of the molecule is CC(C)n1c(CN2CCc3nc(N4CCCC4)[nH]c(=O)c3C2)nc2ccccc21. The number of H-pyrrole nitrogens is 1. The van der Waals surface area contributed by atoms with Crippen molar-refractivity contribution in [2.45, 2.75) is 52.2 Å². The molecule has 2 aromatic heterocycles. The third-order valence-corrected chi connectivity index (χ3v) is 6.09. The molecule has 0 spiro atoms. The smallest absolute Gasteiger partial charge is 0.257 e. The molecule has 0 radical (unpaired) electrons. The first-order valence-electron chi connectivity index (χ1n) is 10.7. The van der Waals surface area contributed by atoms with Crippen molar-refractivity contribution in [3.05, 3.63) is 51.7 Å². The molecule has 0 amide bonds. The first-order valence-corrected chi connectivity index (χ1v) is 10.7. The average molecular weight is 393 g/mol. The summed E-state index contributed by atoms with van der Waals surface area (Å²) in [7, 11) is 0. The van der Waals surface area contributed by atoms with Crippen molar-refractivity contribution >= 4 is 17.0 Å². The number of fused-ring (bicyclic) bond motifs is 2. The Hall–Kier alpha value is -2.67. The Morgan fingerprint density at radius 3 is 2.69 bits per heavy atom. The van der Waals surface area contributed by atoms with Crippen LogP contribution in [0.1, 0.15) is 49.8 Å². The molecular formula is C22H28N6O. The molecule has 1 fully saturated rings. The Balaban J connectivity index is 1.41. The summed E-state index contributed by atoms with van der Waals surface area (Å²) in [6, 6.07) is 8.63. The topological polar surface area (TPSA) is 70.1 Å². The van der Waals surface area contributed by atoms with Crippen LogP contribution in [-0.4, -0.2) is 44.1 Å². The minimum absolute atomic E-state index is 0.0129. The molecule has 7 heteroatoms. The van der Waals surface area contributed by atoms with Gasteiger partial charge in [0.25, 0.3) is 5.56 Å². The zero-order valence-corrected chi connectivity index (χ0v) is 17.2. The normalized spacial score (nSPS) is 17.4. The third kappa shape index (κ3) is 3.33. The molecule has 5 rings (SSSR count). The number of hydrogen-bond donors (Lipinski definition) is 1. The minimum atomic E-state index is 0.0129. The quantitative estimate of drug-likeness (QED) is 0.739. The molecule has 152 valence electrons. The van der Waals surface area contributed by atoms with Gasteiger partial charge in [-0.3, -0.25) is 14.7 Å². The fourth-order valence-electron chi connectivity index (χ4n) is 4.66. The lowest BCUT2D eigenvalue weighted by atomic mass is 10.1. The van der Waals surface area contributed by atoms with Crippen molar-refractivity contribution in [2.24, 2.45) is 0 Å². The molecule has 1 saturated heterocycles. The van der Waals surface area contributed by atoms with Crippen LogP contribution < -0.4 is 10.5 Å². The number of hydrogen-bond acceptors (Lipinski definition) is 5. The molecule has 2 aliphatic heterocycles. The molecule has 29 heavy (non-hydrogen) atoms. The van der Waals surface area contributed by atoms with Crippen molar-refractivity contribution in [2.75, 3.05) is 24.5 Å². The molecular weight excluding hydrogens is 364 g/mol. The number of rotatable bonds is 4. The predicted octanol–water partition coefficient (Wildman–Crippen LogP) is 2.86. The van der Waals surface area contributed by atoms with Gasteiger partial charge in [-0.1, -0.05) is 12.1 Å². The predicted molar refractivity (Wildman–Crippen MR) is 114 cm³/mol. The molecule has 2 aliphatic rings. The van der Waals surface area contributed by atoms with E-state index < -0.39 is 0 Å². The van der Waals surface area contributed by atoms with Gasteiger partial charge in [0.2, 0.25) is 5.95 Å². The maximum Gasteiger partial charge on any atom is 0.257 e. The Morgan fingerprint density at radius 1 is 1.10 bits per heavy atom. The molecule has 4 heterocycles. The van der Waals surface area contributed by atoms with E-state index in [1.807, 2.05) is 6.07 Å². The van der Waals surface area contributed by atoms with E-state index in [-0.39, 0.29) is 5.56 Å². The van der Waals surface area contributed by atoms with Gasteiger partial charge in [-0.15, -0.1) is 0 Å². The fraction of sp³-hybridized carbons (Fsp3) is 0.500. The highest BCUT2D eigenvalue weighted by Gasteiger charge is 2.25. The first-order chi connectivity index (χ1) is 14.1. The molecule has 0 unspecified atom stereocenters. The van der Waals surface area contributed by atoms with E-state index in [4.69, 9.17) is 9.97 Å². The standard InChI is InChI=1S/C22H28N6O/c1-15(2)28-19-8-4-3-7-18(19)23-20(28)14-26-12-9-17-16(13-26)21(29)25-22(24-17)27-10-5-6-11-27/h3-4,7-8,15H,5-6,9-14H2,1-2H3,(H,24,25,29). The molecule has 1 N–H and O–H groups in total. The summed E-state index contributed by atoms with van der Waals surface area (Å²) in [6.45, 7) is 8.61. The minimum Gasteiger partial charge on any atom is -0.342 e. The fourth-order valence-corrected chi connectivity index (χ4v) is 4.66. The number of nitrogens with zero attached hydrogens (tertiary/aromatic N) is 5. The average Bonchev–Trinajstić information content (AvgIpc) is 3.36. The summed E-state index contributed by atoms with van der Waals surface area (Å²) in [5, 5.41) is 0. The molecule has 0 atom stereocenters. The molecule has 0 saturated carbocycles. The summed E-state index contributed by atoms with van der Waals surface area (Å²) in [4.78, 5) is 30.0. The third-order valence-electron chi connectivity index (χ3n) is 6.09. The van der Waals surface area contributed by atoms with Crippen LogP contribution >= 0.6 is 0 Å². The molecule has 1 aromatic carbocycles. The Bertz CT molecular complexity index is 1090. The van der Waals surface area contributed by atoms with E-state index in [0.29, 0.717) is 12.6 Å². The monoisotopic (exact) mass is 392 g/mol. The number of nitrogens with one attached hydrogen (secondary N) is 1. The Morgan fingerprint density at radius 2 is 1.90 bits per heavy atom. The van der Waals surface area contributed by atoms with Crippen LogP contribution in [0.4, 0.5) is 5.95 Å². The van der Waals surface area contributed by atoms with Gasteiger partial charge >= 0.3 is 0 Å². The van der Waals surface area contributed by atoms with Crippen molar-refractivity contribution in [1.82, 2.24) is 24.4 Å². The van der Waals surface area contributed by atoms with Crippen LogP contribution in [-0.2, 0) is 19.5 Å². The van der Waals surface area contributed by atoms with Crippen molar-refractivity contribution in [3.8, 4) is 0 Å². The second-order valence-electron chi connectivity index (χ2n) is 8.45. The summed E-state index contributed by atoms with van der Waals surface area (Å²) in [5.74, 6) is 1.81. The van der Waals surface area contributed by atoms with Crippen LogP contribution in [0.25, 0.3) is 11.0 Å². The van der Waals surface area contributed by atoms with Gasteiger partial charge in [-0.05, 0) is 38.8 Å². The second kappa shape index (κ2) is 7.30. The summed E-state index contributed by atoms with van der Waals surface area (Å²) < 4.78 is 2.31. The highest BCUT2D eigenvalue weighted by atomic mass is 16.1. The number of aromatic nitrogens is 4. The van der Waals surface area contributed by atoms with E-state index in [2.05, 4.69) is 51.4 Å². The van der Waals surface area contributed by atoms with Crippen molar-refractivity contribution in [1.29, 1.82) is 0 Å². The molecule has 0 bridgehead atoms. The molecule has 3 aromatic rings. The van der Waals surface area contributed by atoms with E-state index >= 15 is 0 Å². The van der Waals surface area contributed by atoms with Crippen LogP contribution in [0.15, 0.2) is 29.1 Å². The van der Waals surface area contributed by atoms with Crippen molar-refractivity contribution in [3.63, 3.8) is 0 Å². The Labute approximate surface area is 170 Å². The highest BCUT2D eigenvalue weighted by molar-refractivity contribution is 5.76. The van der Waals surface area contributed by atoms with Gasteiger partial charge in [0, 0.05) is 38.6 Å². The number of anilines is 1. The highest BCUT2D eigenvalue weighted by Crippen LogP contribution is 2.24. The van der Waals surface area contributed by atoms with E-state index in [0.717, 1.165) is 61.1 Å². The van der Waals surface area contributed by atoms with Gasteiger partial charge in [0.05, 0.1) is 28.8 Å². The molecule has 0 aliphatic carbocycles. The van der Waals surface area contributed by atoms with E-state index in [1.54, 1.807) is 0 Å². The van der Waals surface area contributed by atoms with Crippen LogP contribution in [0.5, 0.6) is 0 Å². The first kappa shape index (κ1) is 18.4. The second-order valence-corrected chi connectivity index (χ2v) is 8.45. The van der Waals surface area contributed by atoms with Gasteiger partial charge in [0.1, 0.15) is 5.82 Å². The van der Waals surface area contributed by atoms with Gasteiger partial charge < -0.3 is 9.47 Å². The largest absolute Gasteiger partial charge is 0.342 e. The van der Waals surface area contributed by atoms with Gasteiger partial charge in [0.15, 0.2) is 0 Å². The summed E-state index contributed by atoms with van der Waals surface area (Å²) in [5.41, 5.74) is 3.99. The molecule has 7 nitrogen and oxygen atoms in total. The number of para-hydroxylation sites is 2. The zero-order valence-electron chi connectivity index (χ0n) is 17.2. The van der Waals surface area contributed by atoms with Crippen molar-refractivity contribution < 1.29 is 0 Å². The summed E-state index contributed by atoms with van der Waals surface area (Å²) in [6.07, 6.45) is 3.15. The Kier molecular flexibility index (Phi) is 4.62. The summed E-state index contributed by atoms with van der Waals surface area (Å²) >= 11 is 0. The lowest BCUT2D eigenvalue weighted by Gasteiger charge is -2.28.